The van der Waals surface area contributed by atoms with Gasteiger partial charge in [0.05, 0.1) is 0 Å². The van der Waals surface area contributed by atoms with Crippen molar-refractivity contribution in [3.05, 3.63) is 58.9 Å². The molecule has 5 nitrogen and oxygen atoms in total. The van der Waals surface area contributed by atoms with Crippen molar-refractivity contribution < 1.29 is 14.0 Å². The molecule has 2 heterocycles. The van der Waals surface area contributed by atoms with Crippen LogP contribution in [0.15, 0.2) is 36.4 Å². The second-order valence-corrected chi connectivity index (χ2v) is 8.71. The molecule has 31 heavy (non-hydrogen) atoms. The largest absolute Gasteiger partial charge is 0.352 e. The van der Waals surface area contributed by atoms with Crippen molar-refractivity contribution in [3.8, 4) is 11.1 Å². The summed E-state index contributed by atoms with van der Waals surface area (Å²) < 4.78 is 14.8. The van der Waals surface area contributed by atoms with Gasteiger partial charge >= 0.3 is 0 Å². The summed E-state index contributed by atoms with van der Waals surface area (Å²) in [5.41, 5.74) is 3.15. The molecule has 2 aliphatic heterocycles. The van der Waals surface area contributed by atoms with Crippen molar-refractivity contribution in [1.82, 2.24) is 15.1 Å². The monoisotopic (exact) mass is 423 g/mol. The van der Waals surface area contributed by atoms with Gasteiger partial charge in [0.25, 0.3) is 11.8 Å². The number of carbonyl (C=O) groups excluding carboxylic acids is 2. The molecule has 0 aliphatic carbocycles. The van der Waals surface area contributed by atoms with E-state index in [9.17, 15) is 14.0 Å². The number of halogens is 1. The summed E-state index contributed by atoms with van der Waals surface area (Å²) in [5, 5.41) is 2.68. The third-order valence-electron chi connectivity index (χ3n) is 6.46. The molecule has 2 aliphatic rings. The highest BCUT2D eigenvalue weighted by molar-refractivity contribution is 5.98. The van der Waals surface area contributed by atoms with E-state index in [2.05, 4.69) is 24.1 Å². The van der Waals surface area contributed by atoms with Gasteiger partial charge in [-0.3, -0.25) is 14.5 Å². The molecule has 1 atom stereocenters. The first-order valence-corrected chi connectivity index (χ1v) is 11.1. The molecule has 2 amide bonds. The fourth-order valence-corrected chi connectivity index (χ4v) is 4.67. The van der Waals surface area contributed by atoms with Crippen molar-refractivity contribution >= 4 is 11.8 Å². The van der Waals surface area contributed by atoms with Crippen LogP contribution in [0.25, 0.3) is 11.1 Å². The van der Waals surface area contributed by atoms with Gasteiger partial charge in [-0.1, -0.05) is 18.2 Å². The number of rotatable bonds is 5. The molecule has 6 heteroatoms. The molecule has 1 saturated heterocycles. The number of fused-ring (bicyclic) bond motifs is 1. The normalized spacial score (nSPS) is 19.1. The zero-order valence-electron chi connectivity index (χ0n) is 18.5. The van der Waals surface area contributed by atoms with Crippen molar-refractivity contribution in [3.63, 3.8) is 0 Å². The van der Waals surface area contributed by atoms with Crippen LogP contribution >= 0.6 is 0 Å². The standard InChI is InChI=1S/C25H30FN3O2/c1-4-27-24(30)19-6-7-21(23(26)14-19)17-5-8-22-18(13-17)9-12-29(25(22)31)20-10-11-28(15-20)16(2)3/h5-8,13-14,16,20H,4,9-12,15H2,1-3H3,(H,27,30)/t20-/m0/s1. The summed E-state index contributed by atoms with van der Waals surface area (Å²) in [5.74, 6) is -0.644. The van der Waals surface area contributed by atoms with Crippen LogP contribution in [0.5, 0.6) is 0 Å². The fraction of sp³-hybridized carbons (Fsp3) is 0.440. The lowest BCUT2D eigenvalue weighted by atomic mass is 9.92. The molecule has 2 aromatic rings. The molecule has 164 valence electrons. The predicted octanol–water partition coefficient (Wildman–Crippen LogP) is 3.72. The highest BCUT2D eigenvalue weighted by Crippen LogP contribution is 2.30. The van der Waals surface area contributed by atoms with E-state index in [1.165, 1.54) is 6.07 Å². The van der Waals surface area contributed by atoms with Gasteiger partial charge in [-0.2, -0.15) is 0 Å². The topological polar surface area (TPSA) is 52.7 Å². The number of nitrogens with one attached hydrogen (secondary N) is 1. The SMILES string of the molecule is CCNC(=O)c1ccc(-c2ccc3c(c2)CCN([C@H]2CCN(C(C)C)C2)C3=O)c(F)c1. The molecule has 0 unspecified atom stereocenters. The Kier molecular flexibility index (Phi) is 6.10. The summed E-state index contributed by atoms with van der Waals surface area (Å²) >= 11 is 0. The first-order chi connectivity index (χ1) is 14.9. The minimum Gasteiger partial charge on any atom is -0.352 e. The Morgan fingerprint density at radius 3 is 2.61 bits per heavy atom. The fourth-order valence-electron chi connectivity index (χ4n) is 4.67. The molecular weight excluding hydrogens is 393 g/mol. The number of nitrogens with zero attached hydrogens (tertiary/aromatic N) is 2. The third kappa shape index (κ3) is 4.22. The lowest BCUT2D eigenvalue weighted by Crippen LogP contribution is -2.46. The Labute approximate surface area is 183 Å². The van der Waals surface area contributed by atoms with E-state index in [1.54, 1.807) is 18.2 Å². The quantitative estimate of drug-likeness (QED) is 0.798. The van der Waals surface area contributed by atoms with Gasteiger partial charge < -0.3 is 10.2 Å². The van der Waals surface area contributed by atoms with E-state index in [0.717, 1.165) is 42.6 Å². The summed E-state index contributed by atoms with van der Waals surface area (Å²) in [6, 6.07) is 10.9. The minimum atomic E-state index is -0.438. The highest BCUT2D eigenvalue weighted by atomic mass is 19.1. The molecule has 4 rings (SSSR count). The van der Waals surface area contributed by atoms with E-state index in [-0.39, 0.29) is 17.9 Å². The Morgan fingerprint density at radius 2 is 1.94 bits per heavy atom. The number of benzene rings is 2. The van der Waals surface area contributed by atoms with E-state index in [0.29, 0.717) is 30.3 Å². The number of hydrogen-bond donors (Lipinski definition) is 1. The van der Waals surface area contributed by atoms with Gasteiger partial charge in [-0.15, -0.1) is 0 Å². The van der Waals surface area contributed by atoms with Crippen molar-refractivity contribution in [1.29, 1.82) is 0 Å². The summed E-state index contributed by atoms with van der Waals surface area (Å²) in [7, 11) is 0. The van der Waals surface area contributed by atoms with E-state index in [4.69, 9.17) is 0 Å². The molecule has 0 bridgehead atoms. The molecule has 0 spiro atoms. The lowest BCUT2D eigenvalue weighted by molar-refractivity contribution is 0.0660. The number of amides is 2. The predicted molar refractivity (Wildman–Crippen MR) is 120 cm³/mol. The van der Waals surface area contributed by atoms with Gasteiger partial charge in [0, 0.05) is 55.0 Å². The van der Waals surface area contributed by atoms with Crippen LogP contribution in [0.3, 0.4) is 0 Å². The Morgan fingerprint density at radius 1 is 1.16 bits per heavy atom. The highest BCUT2D eigenvalue weighted by Gasteiger charge is 2.34. The zero-order valence-corrected chi connectivity index (χ0v) is 18.5. The number of hydrogen-bond acceptors (Lipinski definition) is 3. The van der Waals surface area contributed by atoms with Gasteiger partial charge in [0.2, 0.25) is 0 Å². The maximum absolute atomic E-state index is 14.8. The van der Waals surface area contributed by atoms with Gasteiger partial charge in [0.15, 0.2) is 0 Å². The Hall–Kier alpha value is -2.73. The molecule has 1 fully saturated rings. The number of likely N-dealkylation sites (tertiary alicyclic amines) is 1. The molecular formula is C25H30FN3O2. The van der Waals surface area contributed by atoms with Crippen LogP contribution in [0, 0.1) is 5.82 Å². The van der Waals surface area contributed by atoms with Gasteiger partial charge in [-0.05, 0) is 62.9 Å². The molecule has 0 radical (unpaired) electrons. The second kappa shape index (κ2) is 8.79. The Balaban J connectivity index is 1.54. The van der Waals surface area contributed by atoms with E-state index >= 15 is 0 Å². The van der Waals surface area contributed by atoms with Crippen molar-refractivity contribution in [2.24, 2.45) is 0 Å². The van der Waals surface area contributed by atoms with Crippen LogP contribution in [0.4, 0.5) is 4.39 Å². The summed E-state index contributed by atoms with van der Waals surface area (Å²) in [6.45, 7) is 9.37. The van der Waals surface area contributed by atoms with Crippen LogP contribution in [0.2, 0.25) is 0 Å². The summed E-state index contributed by atoms with van der Waals surface area (Å²) in [6.07, 6.45) is 1.78. The van der Waals surface area contributed by atoms with Crippen LogP contribution < -0.4 is 5.32 Å². The van der Waals surface area contributed by atoms with Crippen molar-refractivity contribution in [2.75, 3.05) is 26.2 Å². The number of carbonyl (C=O) groups is 2. The van der Waals surface area contributed by atoms with Crippen LogP contribution in [0.1, 0.15) is 53.5 Å². The first-order valence-electron chi connectivity index (χ1n) is 11.1. The average Bonchev–Trinajstić information content (AvgIpc) is 3.24. The van der Waals surface area contributed by atoms with Gasteiger partial charge in [0.1, 0.15) is 5.82 Å². The zero-order chi connectivity index (χ0) is 22.1. The molecule has 0 aromatic heterocycles. The molecule has 0 saturated carbocycles. The smallest absolute Gasteiger partial charge is 0.254 e. The van der Waals surface area contributed by atoms with Gasteiger partial charge in [-0.25, -0.2) is 4.39 Å². The molecule has 2 aromatic carbocycles. The summed E-state index contributed by atoms with van der Waals surface area (Å²) in [4.78, 5) is 29.6. The molecule has 1 N–H and O–H groups in total. The maximum atomic E-state index is 14.8. The van der Waals surface area contributed by atoms with Crippen LogP contribution in [-0.2, 0) is 6.42 Å². The van der Waals surface area contributed by atoms with E-state index in [1.807, 2.05) is 24.0 Å². The maximum Gasteiger partial charge on any atom is 0.254 e. The first kappa shape index (κ1) is 21.5. The van der Waals surface area contributed by atoms with Crippen molar-refractivity contribution in [2.45, 2.75) is 45.7 Å². The minimum absolute atomic E-state index is 0.0791. The third-order valence-corrected chi connectivity index (χ3v) is 6.46. The Bertz CT molecular complexity index is 1000. The van der Waals surface area contributed by atoms with Crippen LogP contribution in [-0.4, -0.2) is 59.9 Å². The second-order valence-electron chi connectivity index (χ2n) is 8.71. The lowest BCUT2D eigenvalue weighted by Gasteiger charge is -2.34. The average molecular weight is 424 g/mol. The van der Waals surface area contributed by atoms with E-state index < -0.39 is 5.82 Å².